The minimum atomic E-state index is -0.533. The third-order valence-electron chi connectivity index (χ3n) is 2.69. The molecule has 0 saturated carbocycles. The number of ether oxygens (including phenoxy) is 2. The molecule has 0 spiro atoms. The summed E-state index contributed by atoms with van der Waals surface area (Å²) in [6, 6.07) is 9.10. The van der Waals surface area contributed by atoms with Gasteiger partial charge in [0.15, 0.2) is 0 Å². The molecule has 1 amide bonds. The molecule has 0 saturated heterocycles. The second-order valence-corrected chi connectivity index (χ2v) is 5.74. The third kappa shape index (κ3) is 6.35. The standard InChI is InChI=1S/C16H23N3O3/c1-16(2,3)22-15(20)18-10-9-12(11-17)19-13-7-5-6-8-14(13)21-4/h5-8,12,19H,9-10H2,1-4H3,(H,18,20). The van der Waals surface area contributed by atoms with Crippen molar-refractivity contribution < 1.29 is 14.3 Å². The van der Waals surface area contributed by atoms with Gasteiger partial charge in [0, 0.05) is 6.54 Å². The fraction of sp³-hybridized carbons (Fsp3) is 0.500. The van der Waals surface area contributed by atoms with Crippen LogP contribution >= 0.6 is 0 Å². The maximum atomic E-state index is 11.5. The molecule has 0 fully saturated rings. The van der Waals surface area contributed by atoms with Gasteiger partial charge in [-0.1, -0.05) is 12.1 Å². The number of benzene rings is 1. The first-order chi connectivity index (χ1) is 10.4. The van der Waals surface area contributed by atoms with E-state index in [2.05, 4.69) is 16.7 Å². The SMILES string of the molecule is COc1ccccc1NC(C#N)CCNC(=O)OC(C)(C)C. The molecule has 22 heavy (non-hydrogen) atoms. The van der Waals surface area contributed by atoms with Gasteiger partial charge in [0.25, 0.3) is 0 Å². The Hall–Kier alpha value is -2.42. The molecule has 0 aromatic heterocycles. The van der Waals surface area contributed by atoms with Gasteiger partial charge in [0.05, 0.1) is 18.9 Å². The van der Waals surface area contributed by atoms with Crippen LogP contribution in [0.5, 0.6) is 5.75 Å². The molecule has 0 heterocycles. The van der Waals surface area contributed by atoms with Crippen LogP contribution in [0.25, 0.3) is 0 Å². The summed E-state index contributed by atoms with van der Waals surface area (Å²) in [7, 11) is 1.58. The van der Waals surface area contributed by atoms with Crippen molar-refractivity contribution in [3.63, 3.8) is 0 Å². The fourth-order valence-electron chi connectivity index (χ4n) is 1.75. The van der Waals surface area contributed by atoms with E-state index in [1.807, 2.05) is 24.3 Å². The van der Waals surface area contributed by atoms with E-state index in [-0.39, 0.29) is 0 Å². The van der Waals surface area contributed by atoms with Gasteiger partial charge in [-0.05, 0) is 39.3 Å². The summed E-state index contributed by atoms with van der Waals surface area (Å²) in [5.74, 6) is 0.669. The predicted molar refractivity (Wildman–Crippen MR) is 84.9 cm³/mol. The van der Waals surface area contributed by atoms with Gasteiger partial charge in [0.2, 0.25) is 0 Å². The Balaban J connectivity index is 2.46. The third-order valence-corrected chi connectivity index (χ3v) is 2.69. The summed E-state index contributed by atoms with van der Waals surface area (Å²) in [4.78, 5) is 11.5. The lowest BCUT2D eigenvalue weighted by Gasteiger charge is -2.20. The summed E-state index contributed by atoms with van der Waals surface area (Å²) >= 11 is 0. The second-order valence-electron chi connectivity index (χ2n) is 5.74. The number of nitrogens with zero attached hydrogens (tertiary/aromatic N) is 1. The van der Waals surface area contributed by atoms with Crippen molar-refractivity contribution in [2.75, 3.05) is 19.0 Å². The Labute approximate surface area is 131 Å². The van der Waals surface area contributed by atoms with Crippen molar-refractivity contribution in [2.45, 2.75) is 38.8 Å². The molecule has 1 unspecified atom stereocenters. The molecule has 1 rings (SSSR count). The second kappa shape index (κ2) is 8.13. The number of carbonyl (C=O) groups excluding carboxylic acids is 1. The van der Waals surface area contributed by atoms with Crippen molar-refractivity contribution >= 4 is 11.8 Å². The topological polar surface area (TPSA) is 83.4 Å². The molecule has 2 N–H and O–H groups in total. The Morgan fingerprint density at radius 2 is 2.05 bits per heavy atom. The van der Waals surface area contributed by atoms with E-state index in [1.54, 1.807) is 27.9 Å². The smallest absolute Gasteiger partial charge is 0.407 e. The fourth-order valence-corrected chi connectivity index (χ4v) is 1.75. The molecule has 120 valence electrons. The largest absolute Gasteiger partial charge is 0.495 e. The van der Waals surface area contributed by atoms with Crippen LogP contribution in [-0.2, 0) is 4.74 Å². The van der Waals surface area contributed by atoms with Crippen molar-refractivity contribution in [1.29, 1.82) is 5.26 Å². The molecular formula is C16H23N3O3. The number of rotatable bonds is 6. The highest BCUT2D eigenvalue weighted by Gasteiger charge is 2.16. The van der Waals surface area contributed by atoms with Crippen LogP contribution in [0.2, 0.25) is 0 Å². The maximum Gasteiger partial charge on any atom is 0.407 e. The molecular weight excluding hydrogens is 282 g/mol. The van der Waals surface area contributed by atoms with Crippen LogP contribution in [0.15, 0.2) is 24.3 Å². The highest BCUT2D eigenvalue weighted by atomic mass is 16.6. The van der Waals surface area contributed by atoms with E-state index in [0.29, 0.717) is 18.7 Å². The zero-order valence-corrected chi connectivity index (χ0v) is 13.5. The first-order valence-corrected chi connectivity index (χ1v) is 7.11. The quantitative estimate of drug-likeness (QED) is 0.844. The molecule has 1 aromatic carbocycles. The molecule has 0 aliphatic rings. The molecule has 0 aliphatic carbocycles. The van der Waals surface area contributed by atoms with Crippen molar-refractivity contribution in [1.82, 2.24) is 5.32 Å². The average molecular weight is 305 g/mol. The summed E-state index contributed by atoms with van der Waals surface area (Å²) in [6.07, 6.45) is -0.0326. The van der Waals surface area contributed by atoms with Crippen molar-refractivity contribution in [2.24, 2.45) is 0 Å². The Bertz CT molecular complexity index is 532. The Morgan fingerprint density at radius 3 is 2.64 bits per heavy atom. The number of hydrogen-bond acceptors (Lipinski definition) is 5. The number of hydrogen-bond donors (Lipinski definition) is 2. The number of nitriles is 1. The van der Waals surface area contributed by atoms with Crippen LogP contribution in [0.3, 0.4) is 0 Å². The van der Waals surface area contributed by atoms with Gasteiger partial charge in [-0.2, -0.15) is 5.26 Å². The number of nitrogens with one attached hydrogen (secondary N) is 2. The van der Waals surface area contributed by atoms with E-state index in [0.717, 1.165) is 5.69 Å². The highest BCUT2D eigenvalue weighted by molar-refractivity contribution is 5.67. The number of methoxy groups -OCH3 is 1. The molecule has 6 nitrogen and oxygen atoms in total. The molecule has 1 aromatic rings. The van der Waals surface area contributed by atoms with Gasteiger partial charge in [0.1, 0.15) is 17.4 Å². The molecule has 0 bridgehead atoms. The first-order valence-electron chi connectivity index (χ1n) is 7.11. The minimum absolute atomic E-state index is 0.343. The van der Waals surface area contributed by atoms with Gasteiger partial charge >= 0.3 is 6.09 Å². The number of alkyl carbamates (subject to hydrolysis) is 1. The van der Waals surface area contributed by atoms with Gasteiger partial charge in [-0.3, -0.25) is 0 Å². The summed E-state index contributed by atoms with van der Waals surface area (Å²) in [5.41, 5.74) is 0.211. The zero-order chi connectivity index (χ0) is 16.6. The highest BCUT2D eigenvalue weighted by Crippen LogP contribution is 2.24. The molecule has 1 atom stereocenters. The summed E-state index contributed by atoms with van der Waals surface area (Å²) < 4.78 is 10.4. The number of carbonyl (C=O) groups is 1. The van der Waals surface area contributed by atoms with E-state index < -0.39 is 17.7 Å². The monoisotopic (exact) mass is 305 g/mol. The van der Waals surface area contributed by atoms with E-state index in [9.17, 15) is 10.1 Å². The number of anilines is 1. The van der Waals surface area contributed by atoms with Crippen molar-refractivity contribution in [3.05, 3.63) is 24.3 Å². The van der Waals surface area contributed by atoms with Crippen molar-refractivity contribution in [3.8, 4) is 11.8 Å². The van der Waals surface area contributed by atoms with E-state index in [4.69, 9.17) is 9.47 Å². The van der Waals surface area contributed by atoms with Crippen LogP contribution in [0, 0.1) is 11.3 Å². The van der Waals surface area contributed by atoms with Crippen LogP contribution in [-0.4, -0.2) is 31.4 Å². The lowest BCUT2D eigenvalue weighted by molar-refractivity contribution is 0.0527. The predicted octanol–water partition coefficient (Wildman–Crippen LogP) is 2.91. The molecule has 0 radical (unpaired) electrons. The van der Waals surface area contributed by atoms with Crippen LogP contribution < -0.4 is 15.4 Å². The Morgan fingerprint density at radius 1 is 1.36 bits per heavy atom. The van der Waals surface area contributed by atoms with E-state index >= 15 is 0 Å². The lowest BCUT2D eigenvalue weighted by Crippen LogP contribution is -2.34. The van der Waals surface area contributed by atoms with Crippen LogP contribution in [0.1, 0.15) is 27.2 Å². The minimum Gasteiger partial charge on any atom is -0.495 e. The van der Waals surface area contributed by atoms with Gasteiger partial charge in [-0.25, -0.2) is 4.79 Å². The zero-order valence-electron chi connectivity index (χ0n) is 13.5. The first kappa shape index (κ1) is 17.6. The number of para-hydroxylation sites is 2. The van der Waals surface area contributed by atoms with Gasteiger partial charge < -0.3 is 20.1 Å². The lowest BCUT2D eigenvalue weighted by atomic mass is 10.2. The maximum absolute atomic E-state index is 11.5. The molecule has 0 aliphatic heterocycles. The Kier molecular flexibility index (Phi) is 6.51. The summed E-state index contributed by atoms with van der Waals surface area (Å²) in [6.45, 7) is 5.74. The van der Waals surface area contributed by atoms with Crippen LogP contribution in [0.4, 0.5) is 10.5 Å². The normalized spacial score (nSPS) is 12.0. The average Bonchev–Trinajstić information content (AvgIpc) is 2.44. The number of amides is 1. The molecule has 6 heteroatoms. The van der Waals surface area contributed by atoms with Gasteiger partial charge in [-0.15, -0.1) is 0 Å². The summed E-state index contributed by atoms with van der Waals surface area (Å²) in [5, 5.41) is 14.9. The van der Waals surface area contributed by atoms with E-state index in [1.165, 1.54) is 0 Å².